The van der Waals surface area contributed by atoms with Crippen LogP contribution in [-0.2, 0) is 4.79 Å². The van der Waals surface area contributed by atoms with Crippen LogP contribution >= 0.6 is 0 Å². The van der Waals surface area contributed by atoms with Crippen molar-refractivity contribution in [2.45, 2.75) is 26.8 Å². The number of carbonyl (C=O) groups is 1. The van der Waals surface area contributed by atoms with Crippen molar-refractivity contribution in [1.29, 1.82) is 0 Å². The van der Waals surface area contributed by atoms with Gasteiger partial charge >= 0.3 is 0 Å². The van der Waals surface area contributed by atoms with Gasteiger partial charge in [0.1, 0.15) is 5.82 Å². The van der Waals surface area contributed by atoms with Gasteiger partial charge in [-0.25, -0.2) is 4.39 Å². The number of nitrogens with one attached hydrogen (secondary N) is 1. The Kier molecular flexibility index (Phi) is 4.88. The fourth-order valence-electron chi connectivity index (χ4n) is 1.21. The van der Waals surface area contributed by atoms with E-state index in [1.165, 1.54) is 18.2 Å². The maximum atomic E-state index is 13.2. The molecule has 0 heterocycles. The molecule has 0 spiro atoms. The molecule has 0 saturated carbocycles. The van der Waals surface area contributed by atoms with E-state index < -0.39 is 0 Å². The highest BCUT2D eigenvalue weighted by Crippen LogP contribution is 2.08. The SMILES string of the molecule is CC(C)C(C)NC(=O)/C=C/c1ccccc1F. The third kappa shape index (κ3) is 4.39. The average Bonchev–Trinajstić information content (AvgIpc) is 2.27. The molecule has 0 saturated heterocycles. The van der Waals surface area contributed by atoms with Crippen LogP contribution in [0.3, 0.4) is 0 Å². The number of hydrogen-bond acceptors (Lipinski definition) is 1. The zero-order valence-electron chi connectivity index (χ0n) is 10.4. The summed E-state index contributed by atoms with van der Waals surface area (Å²) in [4.78, 5) is 11.5. The molecular formula is C14H18FNO. The normalized spacial score (nSPS) is 13.0. The Morgan fingerprint density at radius 1 is 1.29 bits per heavy atom. The van der Waals surface area contributed by atoms with Gasteiger partial charge in [-0.05, 0) is 25.0 Å². The summed E-state index contributed by atoms with van der Waals surface area (Å²) in [5.41, 5.74) is 0.417. The fourth-order valence-corrected chi connectivity index (χ4v) is 1.21. The highest BCUT2D eigenvalue weighted by atomic mass is 19.1. The van der Waals surface area contributed by atoms with E-state index >= 15 is 0 Å². The lowest BCUT2D eigenvalue weighted by Gasteiger charge is -2.15. The third-order valence-electron chi connectivity index (χ3n) is 2.69. The Morgan fingerprint density at radius 3 is 2.53 bits per heavy atom. The predicted molar refractivity (Wildman–Crippen MR) is 67.9 cm³/mol. The average molecular weight is 235 g/mol. The van der Waals surface area contributed by atoms with Crippen LogP contribution in [0.1, 0.15) is 26.3 Å². The predicted octanol–water partition coefficient (Wildman–Crippen LogP) is 3.00. The molecule has 1 rings (SSSR count). The molecule has 0 aliphatic rings. The molecule has 0 aromatic heterocycles. The van der Waals surface area contributed by atoms with Gasteiger partial charge in [0.15, 0.2) is 0 Å². The fraction of sp³-hybridized carbons (Fsp3) is 0.357. The second-order valence-corrected chi connectivity index (χ2v) is 4.40. The van der Waals surface area contributed by atoms with Crippen molar-refractivity contribution < 1.29 is 9.18 Å². The van der Waals surface area contributed by atoms with Gasteiger partial charge in [0, 0.05) is 17.7 Å². The minimum Gasteiger partial charge on any atom is -0.350 e. The summed E-state index contributed by atoms with van der Waals surface area (Å²) in [6.45, 7) is 6.01. The van der Waals surface area contributed by atoms with Gasteiger partial charge in [-0.1, -0.05) is 32.0 Å². The van der Waals surface area contributed by atoms with Gasteiger partial charge in [0.2, 0.25) is 5.91 Å². The summed E-state index contributed by atoms with van der Waals surface area (Å²) >= 11 is 0. The first-order valence-corrected chi connectivity index (χ1v) is 5.74. The van der Waals surface area contributed by atoms with Crippen molar-refractivity contribution in [3.05, 3.63) is 41.7 Å². The maximum Gasteiger partial charge on any atom is 0.244 e. The Morgan fingerprint density at radius 2 is 1.94 bits per heavy atom. The molecule has 1 atom stereocenters. The highest BCUT2D eigenvalue weighted by Gasteiger charge is 2.08. The minimum atomic E-state index is -0.326. The van der Waals surface area contributed by atoms with E-state index in [-0.39, 0.29) is 17.8 Å². The van der Waals surface area contributed by atoms with E-state index in [9.17, 15) is 9.18 Å². The third-order valence-corrected chi connectivity index (χ3v) is 2.69. The van der Waals surface area contributed by atoms with Crippen LogP contribution < -0.4 is 5.32 Å². The lowest BCUT2D eigenvalue weighted by Crippen LogP contribution is -2.34. The number of benzene rings is 1. The van der Waals surface area contributed by atoms with E-state index in [1.807, 2.05) is 20.8 Å². The van der Waals surface area contributed by atoms with Gasteiger partial charge < -0.3 is 5.32 Å². The lowest BCUT2D eigenvalue weighted by molar-refractivity contribution is -0.117. The van der Waals surface area contributed by atoms with Crippen molar-refractivity contribution in [2.24, 2.45) is 5.92 Å². The standard InChI is InChI=1S/C14H18FNO/c1-10(2)11(3)16-14(17)9-8-12-6-4-5-7-13(12)15/h4-11H,1-3H3,(H,16,17)/b9-8+. The van der Waals surface area contributed by atoms with E-state index in [1.54, 1.807) is 18.2 Å². The van der Waals surface area contributed by atoms with Crippen LogP contribution in [0.15, 0.2) is 30.3 Å². The van der Waals surface area contributed by atoms with Crippen molar-refractivity contribution in [3.8, 4) is 0 Å². The Labute approximate surface area is 102 Å². The summed E-state index contributed by atoms with van der Waals surface area (Å²) in [5.74, 6) is -0.149. The largest absolute Gasteiger partial charge is 0.350 e. The van der Waals surface area contributed by atoms with Crippen LogP contribution in [0.4, 0.5) is 4.39 Å². The Hall–Kier alpha value is -1.64. The first-order valence-electron chi connectivity index (χ1n) is 5.74. The van der Waals surface area contributed by atoms with Gasteiger partial charge in [-0.3, -0.25) is 4.79 Å². The van der Waals surface area contributed by atoms with Gasteiger partial charge in [0.05, 0.1) is 0 Å². The Balaban J connectivity index is 2.60. The Bertz CT molecular complexity index is 412. The van der Waals surface area contributed by atoms with Crippen LogP contribution in [0.2, 0.25) is 0 Å². The molecule has 0 aliphatic carbocycles. The van der Waals surface area contributed by atoms with E-state index in [0.29, 0.717) is 11.5 Å². The quantitative estimate of drug-likeness (QED) is 0.799. The second kappa shape index (κ2) is 6.18. The van der Waals surface area contributed by atoms with Crippen LogP contribution in [-0.4, -0.2) is 11.9 Å². The summed E-state index contributed by atoms with van der Waals surface area (Å²) in [6.07, 6.45) is 2.84. The molecule has 1 unspecified atom stereocenters. The first-order chi connectivity index (χ1) is 8.00. The summed E-state index contributed by atoms with van der Waals surface area (Å²) in [6, 6.07) is 6.46. The maximum absolute atomic E-state index is 13.2. The number of amides is 1. The highest BCUT2D eigenvalue weighted by molar-refractivity contribution is 5.91. The molecule has 0 aliphatic heterocycles. The van der Waals surface area contributed by atoms with E-state index in [2.05, 4.69) is 5.32 Å². The van der Waals surface area contributed by atoms with Gasteiger partial charge in [-0.2, -0.15) is 0 Å². The molecule has 3 heteroatoms. The molecule has 0 fully saturated rings. The van der Waals surface area contributed by atoms with Crippen molar-refractivity contribution >= 4 is 12.0 Å². The van der Waals surface area contributed by atoms with Crippen molar-refractivity contribution in [2.75, 3.05) is 0 Å². The molecule has 1 aromatic carbocycles. The monoisotopic (exact) mass is 235 g/mol. The zero-order valence-corrected chi connectivity index (χ0v) is 10.4. The number of carbonyl (C=O) groups excluding carboxylic acids is 1. The molecule has 92 valence electrons. The van der Waals surface area contributed by atoms with E-state index in [4.69, 9.17) is 0 Å². The topological polar surface area (TPSA) is 29.1 Å². The number of rotatable bonds is 4. The van der Waals surface area contributed by atoms with Crippen LogP contribution in [0.25, 0.3) is 6.08 Å². The van der Waals surface area contributed by atoms with Crippen molar-refractivity contribution in [1.82, 2.24) is 5.32 Å². The second-order valence-electron chi connectivity index (χ2n) is 4.40. The molecule has 0 bridgehead atoms. The molecule has 1 aromatic rings. The van der Waals surface area contributed by atoms with E-state index in [0.717, 1.165) is 0 Å². The van der Waals surface area contributed by atoms with Gasteiger partial charge in [0.25, 0.3) is 0 Å². The molecule has 0 radical (unpaired) electrons. The summed E-state index contributed by atoms with van der Waals surface area (Å²) in [5, 5.41) is 2.82. The zero-order chi connectivity index (χ0) is 12.8. The first kappa shape index (κ1) is 13.4. The molecule has 1 N–H and O–H groups in total. The molecule has 17 heavy (non-hydrogen) atoms. The smallest absolute Gasteiger partial charge is 0.244 e. The number of hydrogen-bond donors (Lipinski definition) is 1. The molecular weight excluding hydrogens is 217 g/mol. The molecule has 1 amide bonds. The van der Waals surface area contributed by atoms with Crippen LogP contribution in [0.5, 0.6) is 0 Å². The lowest BCUT2D eigenvalue weighted by atomic mass is 10.1. The number of halogens is 1. The van der Waals surface area contributed by atoms with Gasteiger partial charge in [-0.15, -0.1) is 0 Å². The molecule has 2 nitrogen and oxygen atoms in total. The van der Waals surface area contributed by atoms with Crippen molar-refractivity contribution in [3.63, 3.8) is 0 Å². The minimum absolute atomic E-state index is 0.104. The summed E-state index contributed by atoms with van der Waals surface area (Å²) in [7, 11) is 0. The summed E-state index contributed by atoms with van der Waals surface area (Å²) < 4.78 is 13.2. The van der Waals surface area contributed by atoms with Crippen LogP contribution in [0, 0.1) is 11.7 Å².